The van der Waals surface area contributed by atoms with Gasteiger partial charge in [-0.25, -0.2) is 0 Å². The van der Waals surface area contributed by atoms with Gasteiger partial charge in [-0.1, -0.05) is 12.2 Å². The van der Waals surface area contributed by atoms with Crippen LogP contribution in [-0.4, -0.2) is 50.7 Å². The van der Waals surface area contributed by atoms with E-state index in [1.54, 1.807) is 7.11 Å². The molecular formula is C18H21NO4. The van der Waals surface area contributed by atoms with E-state index in [0.717, 1.165) is 31.0 Å². The van der Waals surface area contributed by atoms with Crippen LogP contribution in [0.2, 0.25) is 0 Å². The summed E-state index contributed by atoms with van der Waals surface area (Å²) in [6.07, 6.45) is 5.86. The van der Waals surface area contributed by atoms with Crippen LogP contribution in [-0.2, 0) is 21.4 Å². The fourth-order valence-electron chi connectivity index (χ4n) is 4.93. The van der Waals surface area contributed by atoms with Crippen LogP contribution in [0.15, 0.2) is 24.3 Å². The maximum Gasteiger partial charge on any atom is 0.231 e. The van der Waals surface area contributed by atoms with Crippen LogP contribution in [0, 0.1) is 0 Å². The minimum atomic E-state index is -0.113. The van der Waals surface area contributed by atoms with Crippen molar-refractivity contribution in [2.45, 2.75) is 36.6 Å². The zero-order valence-corrected chi connectivity index (χ0v) is 13.5. The Morgan fingerprint density at radius 3 is 2.78 bits per heavy atom. The van der Waals surface area contributed by atoms with Crippen LogP contribution in [0.1, 0.15) is 17.5 Å². The van der Waals surface area contributed by atoms with Crippen molar-refractivity contribution >= 4 is 0 Å². The van der Waals surface area contributed by atoms with Crippen molar-refractivity contribution in [1.29, 1.82) is 0 Å². The SMILES string of the molecule is COC1CN2Cc3cc4c(cc3[C@]13C=C[C@H](OC)CC23)OCO4. The first-order valence-electron chi connectivity index (χ1n) is 8.18. The Hall–Kier alpha value is -1.56. The Kier molecular flexibility index (Phi) is 2.84. The van der Waals surface area contributed by atoms with Gasteiger partial charge in [-0.05, 0) is 29.7 Å². The molecule has 1 saturated heterocycles. The zero-order valence-electron chi connectivity index (χ0n) is 13.5. The summed E-state index contributed by atoms with van der Waals surface area (Å²) in [5.41, 5.74) is 2.54. The summed E-state index contributed by atoms with van der Waals surface area (Å²) in [7, 11) is 3.61. The van der Waals surface area contributed by atoms with Crippen molar-refractivity contribution < 1.29 is 18.9 Å². The van der Waals surface area contributed by atoms with Crippen molar-refractivity contribution in [2.75, 3.05) is 27.6 Å². The summed E-state index contributed by atoms with van der Waals surface area (Å²) in [4.78, 5) is 2.54. The Labute approximate surface area is 135 Å². The lowest BCUT2D eigenvalue weighted by Crippen LogP contribution is -2.52. The number of ether oxygens (including phenoxy) is 4. The summed E-state index contributed by atoms with van der Waals surface area (Å²) < 4.78 is 22.7. The van der Waals surface area contributed by atoms with Crippen LogP contribution in [0.5, 0.6) is 11.5 Å². The molecular weight excluding hydrogens is 294 g/mol. The van der Waals surface area contributed by atoms with E-state index < -0.39 is 0 Å². The normalized spacial score (nSPS) is 39.2. The molecule has 3 unspecified atom stereocenters. The Bertz CT molecular complexity index is 688. The second kappa shape index (κ2) is 4.72. The molecule has 3 aliphatic heterocycles. The number of nitrogens with zero attached hydrogens (tertiary/aromatic N) is 1. The highest BCUT2D eigenvalue weighted by Crippen LogP contribution is 2.54. The van der Waals surface area contributed by atoms with Crippen LogP contribution < -0.4 is 9.47 Å². The molecule has 5 rings (SSSR count). The van der Waals surface area contributed by atoms with Gasteiger partial charge < -0.3 is 18.9 Å². The highest BCUT2D eigenvalue weighted by molar-refractivity contribution is 5.56. The highest BCUT2D eigenvalue weighted by atomic mass is 16.7. The molecule has 5 nitrogen and oxygen atoms in total. The van der Waals surface area contributed by atoms with E-state index in [9.17, 15) is 0 Å². The monoisotopic (exact) mass is 315 g/mol. The van der Waals surface area contributed by atoms with Crippen molar-refractivity contribution in [3.05, 3.63) is 35.4 Å². The predicted molar refractivity (Wildman–Crippen MR) is 83.8 cm³/mol. The third-order valence-electron chi connectivity index (χ3n) is 5.99. The molecule has 5 atom stereocenters. The van der Waals surface area contributed by atoms with Gasteiger partial charge in [0.15, 0.2) is 11.5 Å². The molecule has 4 aliphatic rings. The van der Waals surface area contributed by atoms with E-state index in [4.69, 9.17) is 18.9 Å². The average Bonchev–Trinajstić information content (AvgIpc) is 3.13. The van der Waals surface area contributed by atoms with Crippen LogP contribution in [0.25, 0.3) is 0 Å². The van der Waals surface area contributed by atoms with E-state index >= 15 is 0 Å². The lowest BCUT2D eigenvalue weighted by atomic mass is 9.65. The molecule has 3 heterocycles. The largest absolute Gasteiger partial charge is 0.454 e. The number of rotatable bonds is 2. The number of fused-ring (bicyclic) bond motifs is 2. The Morgan fingerprint density at radius 1 is 1.17 bits per heavy atom. The molecule has 122 valence electrons. The molecule has 23 heavy (non-hydrogen) atoms. The molecule has 0 amide bonds. The smallest absolute Gasteiger partial charge is 0.231 e. The molecule has 0 radical (unpaired) electrons. The predicted octanol–water partition coefficient (Wildman–Crippen LogP) is 1.84. The van der Waals surface area contributed by atoms with Crippen LogP contribution >= 0.6 is 0 Å². The fraction of sp³-hybridized carbons (Fsp3) is 0.556. The van der Waals surface area contributed by atoms with Gasteiger partial charge in [-0.15, -0.1) is 0 Å². The average molecular weight is 315 g/mol. The minimum absolute atomic E-state index is 0.113. The zero-order chi connectivity index (χ0) is 15.6. The summed E-state index contributed by atoms with van der Waals surface area (Å²) >= 11 is 0. The van der Waals surface area contributed by atoms with Crippen LogP contribution in [0.3, 0.4) is 0 Å². The minimum Gasteiger partial charge on any atom is -0.454 e. The molecule has 1 fully saturated rings. The molecule has 0 N–H and O–H groups in total. The third-order valence-corrected chi connectivity index (χ3v) is 5.99. The van der Waals surface area contributed by atoms with Gasteiger partial charge >= 0.3 is 0 Å². The number of hydrogen-bond donors (Lipinski definition) is 0. The number of hydrogen-bond acceptors (Lipinski definition) is 5. The molecule has 2 bridgehead atoms. The van der Waals surface area contributed by atoms with E-state index in [1.165, 1.54) is 11.1 Å². The maximum absolute atomic E-state index is 5.92. The van der Waals surface area contributed by atoms with E-state index in [-0.39, 0.29) is 17.6 Å². The maximum atomic E-state index is 5.92. The van der Waals surface area contributed by atoms with Gasteiger partial charge in [0.2, 0.25) is 6.79 Å². The quantitative estimate of drug-likeness (QED) is 0.779. The molecule has 1 aromatic carbocycles. The lowest BCUT2D eigenvalue weighted by molar-refractivity contribution is 0.0510. The first-order chi connectivity index (χ1) is 11.3. The van der Waals surface area contributed by atoms with Gasteiger partial charge in [0, 0.05) is 33.4 Å². The van der Waals surface area contributed by atoms with E-state index in [2.05, 4.69) is 29.2 Å². The summed E-state index contributed by atoms with van der Waals surface area (Å²) in [5, 5.41) is 0. The van der Waals surface area contributed by atoms with Gasteiger partial charge in [0.25, 0.3) is 0 Å². The number of benzene rings is 1. The second-order valence-electron chi connectivity index (χ2n) is 6.83. The first-order valence-corrected chi connectivity index (χ1v) is 8.18. The third kappa shape index (κ3) is 1.67. The van der Waals surface area contributed by atoms with Crippen molar-refractivity contribution in [1.82, 2.24) is 4.90 Å². The van der Waals surface area contributed by atoms with E-state index in [1.807, 2.05) is 7.11 Å². The van der Waals surface area contributed by atoms with Gasteiger partial charge in [-0.2, -0.15) is 0 Å². The van der Waals surface area contributed by atoms with Crippen molar-refractivity contribution in [3.63, 3.8) is 0 Å². The fourth-order valence-corrected chi connectivity index (χ4v) is 4.93. The van der Waals surface area contributed by atoms with Crippen molar-refractivity contribution in [2.24, 2.45) is 0 Å². The van der Waals surface area contributed by atoms with Gasteiger partial charge in [-0.3, -0.25) is 4.90 Å². The standard InChI is InChI=1S/C18H21NO4/c1-20-12-3-4-18-13-7-15-14(22-10-23-15)5-11(13)8-19(16(18)6-12)9-17(18)21-2/h3-5,7,12,16-17H,6,8-10H2,1-2H3/t12-,16?,17?,18-/m0/s1. The topological polar surface area (TPSA) is 40.2 Å². The molecule has 0 spiro atoms. The van der Waals surface area contributed by atoms with Gasteiger partial charge in [0.05, 0.1) is 17.6 Å². The molecule has 1 aromatic rings. The Morgan fingerprint density at radius 2 is 2.00 bits per heavy atom. The number of methoxy groups -OCH3 is 2. The summed E-state index contributed by atoms with van der Waals surface area (Å²) in [6, 6.07) is 4.74. The first kappa shape index (κ1) is 13.8. The van der Waals surface area contributed by atoms with Crippen molar-refractivity contribution in [3.8, 4) is 11.5 Å². The molecule has 0 aromatic heterocycles. The highest BCUT2D eigenvalue weighted by Gasteiger charge is 2.59. The summed E-state index contributed by atoms with van der Waals surface area (Å²) in [5.74, 6) is 1.72. The molecule has 0 saturated carbocycles. The second-order valence-corrected chi connectivity index (χ2v) is 6.83. The molecule has 1 aliphatic carbocycles. The van der Waals surface area contributed by atoms with E-state index in [0.29, 0.717) is 12.8 Å². The van der Waals surface area contributed by atoms with Crippen LogP contribution in [0.4, 0.5) is 0 Å². The summed E-state index contributed by atoms with van der Waals surface area (Å²) in [6.45, 7) is 2.19. The lowest BCUT2D eigenvalue weighted by Gasteiger charge is -2.46. The Balaban J connectivity index is 1.72. The molecule has 5 heteroatoms. The van der Waals surface area contributed by atoms with Gasteiger partial charge in [0.1, 0.15) is 0 Å².